The van der Waals surface area contributed by atoms with Crippen molar-refractivity contribution in [1.29, 1.82) is 0 Å². The van der Waals surface area contributed by atoms with Crippen LogP contribution < -0.4 is 18.9 Å². The average molecular weight is 411 g/mol. The van der Waals surface area contributed by atoms with Gasteiger partial charge in [-0.25, -0.2) is 0 Å². The van der Waals surface area contributed by atoms with Crippen LogP contribution in [0.5, 0.6) is 0 Å². The number of hydrogen-bond acceptors (Lipinski definition) is 4. The van der Waals surface area contributed by atoms with Gasteiger partial charge in [0.25, 0.3) is 0 Å². The van der Waals surface area contributed by atoms with Gasteiger partial charge in [0, 0.05) is 11.4 Å². The number of carbonyl (C=O) groups is 1. The SMILES string of the molecule is CC(C)(C)O[C-]=O.[CH2-]c1ncc(C(=O)CCCc2ccccc2Cl)n1C([CH2-])C.[Li+]. The molecular weight excluding hydrogens is 383 g/mol. The van der Waals surface area contributed by atoms with Crippen LogP contribution in [0.15, 0.2) is 30.5 Å². The van der Waals surface area contributed by atoms with Gasteiger partial charge >= 0.3 is 18.9 Å². The van der Waals surface area contributed by atoms with Gasteiger partial charge in [0.05, 0.1) is 17.5 Å². The van der Waals surface area contributed by atoms with Crippen molar-refractivity contribution in [1.82, 2.24) is 9.55 Å². The first-order chi connectivity index (χ1) is 13.1. The van der Waals surface area contributed by atoms with Crippen molar-refractivity contribution in [2.75, 3.05) is 0 Å². The average Bonchev–Trinajstić information content (AvgIpc) is 2.98. The molecule has 0 N–H and O–H groups in total. The van der Waals surface area contributed by atoms with Crippen molar-refractivity contribution in [3.8, 4) is 0 Å². The van der Waals surface area contributed by atoms with E-state index in [2.05, 4.69) is 23.6 Å². The van der Waals surface area contributed by atoms with E-state index in [-0.39, 0.29) is 36.3 Å². The van der Waals surface area contributed by atoms with E-state index in [1.807, 2.05) is 31.2 Å². The Morgan fingerprint density at radius 3 is 2.45 bits per heavy atom. The Bertz CT molecular complexity index is 783. The molecule has 0 spiro atoms. The molecule has 7 heteroatoms. The zero-order chi connectivity index (χ0) is 21.3. The summed E-state index contributed by atoms with van der Waals surface area (Å²) in [5.74, 6) is 0.645. The Morgan fingerprint density at radius 2 is 1.97 bits per heavy atom. The minimum atomic E-state index is -0.373. The van der Waals surface area contributed by atoms with E-state index in [0.29, 0.717) is 17.9 Å². The van der Waals surface area contributed by atoms with E-state index in [1.54, 1.807) is 31.5 Å². The summed E-state index contributed by atoms with van der Waals surface area (Å²) in [5, 5.41) is 0.751. The quantitative estimate of drug-likeness (QED) is 0.399. The molecule has 2 aromatic rings. The van der Waals surface area contributed by atoms with Crippen molar-refractivity contribution in [2.45, 2.75) is 58.6 Å². The van der Waals surface area contributed by atoms with E-state index in [1.165, 1.54) is 6.47 Å². The van der Waals surface area contributed by atoms with E-state index < -0.39 is 0 Å². The third-order valence-electron chi connectivity index (χ3n) is 3.76. The minimum absolute atomic E-state index is 0. The number of ether oxygens (including phenoxy) is 1. The van der Waals surface area contributed by atoms with Gasteiger partial charge in [-0.15, -0.1) is 0 Å². The number of hydrogen-bond donors (Lipinski definition) is 0. The second-order valence-electron chi connectivity index (χ2n) is 7.44. The summed E-state index contributed by atoms with van der Waals surface area (Å²) >= 11 is 6.11. The maximum atomic E-state index is 12.3. The van der Waals surface area contributed by atoms with Gasteiger partial charge < -0.3 is 27.9 Å². The van der Waals surface area contributed by atoms with Crippen molar-refractivity contribution < 1.29 is 33.2 Å². The molecule has 0 aliphatic rings. The number of halogens is 1. The van der Waals surface area contributed by atoms with E-state index in [4.69, 9.17) is 11.6 Å². The van der Waals surface area contributed by atoms with Gasteiger partial charge in [0.1, 0.15) is 0 Å². The molecule has 0 saturated carbocycles. The summed E-state index contributed by atoms with van der Waals surface area (Å²) in [6, 6.07) is 7.65. The van der Waals surface area contributed by atoms with E-state index in [9.17, 15) is 9.59 Å². The summed E-state index contributed by atoms with van der Waals surface area (Å²) in [5.41, 5.74) is 1.28. The predicted molar refractivity (Wildman–Crippen MR) is 112 cm³/mol. The Labute approximate surface area is 191 Å². The van der Waals surface area contributed by atoms with Gasteiger partial charge in [-0.3, -0.25) is 9.78 Å². The van der Waals surface area contributed by atoms with Crippen molar-refractivity contribution in [3.63, 3.8) is 0 Å². The molecule has 5 nitrogen and oxygen atoms in total. The van der Waals surface area contributed by atoms with Crippen LogP contribution in [0.1, 0.15) is 68.5 Å². The Balaban J connectivity index is 0.000000846. The number of benzene rings is 1. The molecule has 29 heavy (non-hydrogen) atoms. The smallest absolute Gasteiger partial charge is 0.649 e. The van der Waals surface area contributed by atoms with Crippen LogP contribution in [0.25, 0.3) is 0 Å². The standard InChI is InChI=1S/C17H19ClN2O.C5H9O2.Li/c1-12(2)20-13(3)19-11-16(20)17(21)10-6-8-14-7-4-5-9-15(14)18;1-5(2,3)7-4-6;/h4-5,7,9,11-12H,1,3,6,8,10H2,2H3;1-3H3;/q-2;-1;+1. The number of ketones is 1. The van der Waals surface area contributed by atoms with Crippen molar-refractivity contribution in [3.05, 3.63) is 66.4 Å². The number of aryl methyl sites for hydroxylation is 1. The summed E-state index contributed by atoms with van der Waals surface area (Å²) in [6.45, 7) is 16.4. The molecule has 0 radical (unpaired) electrons. The van der Waals surface area contributed by atoms with Crippen LogP contribution >= 0.6 is 11.6 Å². The van der Waals surface area contributed by atoms with Crippen LogP contribution in [0, 0.1) is 13.8 Å². The molecule has 1 aromatic carbocycles. The van der Waals surface area contributed by atoms with Crippen LogP contribution in [-0.2, 0) is 16.0 Å². The Kier molecular flexibility index (Phi) is 12.1. The molecule has 0 aliphatic heterocycles. The predicted octanol–water partition coefficient (Wildman–Crippen LogP) is 2.19. The molecule has 0 bridgehead atoms. The largest absolute Gasteiger partial charge is 1.00 e. The fourth-order valence-corrected chi connectivity index (χ4v) is 2.72. The topological polar surface area (TPSA) is 61.2 Å². The third-order valence-corrected chi connectivity index (χ3v) is 4.12. The number of carbonyl (C=O) groups excluding carboxylic acids is 2. The monoisotopic (exact) mass is 410 g/mol. The summed E-state index contributed by atoms with van der Waals surface area (Å²) in [4.78, 5) is 25.9. The van der Waals surface area contributed by atoms with Crippen LogP contribution in [0.2, 0.25) is 5.02 Å². The fraction of sp³-hybridized carbons (Fsp3) is 0.409. The van der Waals surface area contributed by atoms with Gasteiger partial charge in [-0.2, -0.15) is 0 Å². The van der Waals surface area contributed by atoms with Crippen LogP contribution in [0.4, 0.5) is 0 Å². The molecule has 0 amide bonds. The zero-order valence-electron chi connectivity index (χ0n) is 18.0. The molecule has 0 fully saturated rings. The first-order valence-corrected chi connectivity index (χ1v) is 9.48. The number of Topliss-reactive ketones (excluding diaryl/α,β-unsaturated/α-hetero) is 1. The number of rotatable bonds is 7. The molecule has 0 aliphatic carbocycles. The summed E-state index contributed by atoms with van der Waals surface area (Å²) in [7, 11) is 0. The van der Waals surface area contributed by atoms with Crippen molar-refractivity contribution >= 4 is 23.9 Å². The minimum Gasteiger partial charge on any atom is -0.649 e. The molecule has 1 unspecified atom stereocenters. The first-order valence-electron chi connectivity index (χ1n) is 9.10. The zero-order valence-corrected chi connectivity index (χ0v) is 18.8. The normalized spacial score (nSPS) is 11.5. The van der Waals surface area contributed by atoms with Gasteiger partial charge in [0.2, 0.25) is 0 Å². The fourth-order valence-electron chi connectivity index (χ4n) is 2.49. The van der Waals surface area contributed by atoms with Gasteiger partial charge in [-0.05, 0) is 51.1 Å². The van der Waals surface area contributed by atoms with E-state index in [0.717, 1.165) is 23.4 Å². The molecule has 1 aromatic heterocycles. The third kappa shape index (κ3) is 9.58. The Hall–Kier alpha value is -1.67. The van der Waals surface area contributed by atoms with Gasteiger partial charge in [-0.1, -0.05) is 49.2 Å². The summed E-state index contributed by atoms with van der Waals surface area (Å²) in [6.07, 6.45) is 3.59. The molecule has 0 saturated heterocycles. The first kappa shape index (κ1) is 27.3. The van der Waals surface area contributed by atoms with Gasteiger partial charge in [0.15, 0.2) is 5.78 Å². The second-order valence-corrected chi connectivity index (χ2v) is 7.85. The maximum Gasteiger partial charge on any atom is 1.00 e. The Morgan fingerprint density at radius 1 is 1.34 bits per heavy atom. The molecule has 2 rings (SSSR count). The van der Waals surface area contributed by atoms with Crippen LogP contribution in [0.3, 0.4) is 0 Å². The number of nitrogens with zero attached hydrogens (tertiary/aromatic N) is 2. The second kappa shape index (κ2) is 12.8. The molecular formula is C22H28ClLiN2O3-2. The van der Waals surface area contributed by atoms with Crippen molar-refractivity contribution in [2.24, 2.45) is 0 Å². The molecule has 1 heterocycles. The van der Waals surface area contributed by atoms with Crippen LogP contribution in [-0.4, -0.2) is 27.4 Å². The maximum absolute atomic E-state index is 12.3. The molecule has 1 atom stereocenters. The summed E-state index contributed by atoms with van der Waals surface area (Å²) < 4.78 is 6.20. The molecule has 154 valence electrons. The number of aromatic nitrogens is 2. The van der Waals surface area contributed by atoms with E-state index >= 15 is 0 Å². The number of imidazole rings is 1.